The van der Waals surface area contributed by atoms with Crippen molar-refractivity contribution in [2.45, 2.75) is 44.1 Å². The standard InChI is InChI=1S/C15H20BrNO/c16-12-5-6-14(18-10-11-3-4-11)13(9-12)15(17)7-1-2-8-15/h5-6,9,11H,1-4,7-8,10,17H2. The third-order valence-electron chi connectivity index (χ3n) is 4.15. The maximum Gasteiger partial charge on any atom is 0.124 e. The fraction of sp³-hybridized carbons (Fsp3) is 0.600. The lowest BCUT2D eigenvalue weighted by Crippen LogP contribution is -2.33. The molecule has 0 amide bonds. The lowest BCUT2D eigenvalue weighted by molar-refractivity contribution is 0.287. The summed E-state index contributed by atoms with van der Waals surface area (Å²) in [5, 5.41) is 0. The van der Waals surface area contributed by atoms with Crippen molar-refractivity contribution in [3.05, 3.63) is 28.2 Å². The minimum atomic E-state index is -0.178. The Morgan fingerprint density at radius 2 is 2.00 bits per heavy atom. The Labute approximate surface area is 117 Å². The van der Waals surface area contributed by atoms with Gasteiger partial charge in [-0.15, -0.1) is 0 Å². The Hall–Kier alpha value is -0.540. The van der Waals surface area contributed by atoms with Crippen LogP contribution in [0.4, 0.5) is 0 Å². The molecule has 0 saturated heterocycles. The molecule has 2 fully saturated rings. The predicted molar refractivity (Wildman–Crippen MR) is 76.7 cm³/mol. The highest BCUT2D eigenvalue weighted by molar-refractivity contribution is 9.10. The number of hydrogen-bond donors (Lipinski definition) is 1. The van der Waals surface area contributed by atoms with Gasteiger partial charge in [0.2, 0.25) is 0 Å². The monoisotopic (exact) mass is 309 g/mol. The van der Waals surface area contributed by atoms with Crippen molar-refractivity contribution in [2.24, 2.45) is 11.7 Å². The average molecular weight is 310 g/mol. The van der Waals surface area contributed by atoms with Gasteiger partial charge in [0.15, 0.2) is 0 Å². The zero-order valence-electron chi connectivity index (χ0n) is 10.6. The van der Waals surface area contributed by atoms with Crippen molar-refractivity contribution in [3.63, 3.8) is 0 Å². The molecule has 2 aliphatic carbocycles. The summed E-state index contributed by atoms with van der Waals surface area (Å²) in [5.41, 5.74) is 7.58. The molecule has 2 N–H and O–H groups in total. The van der Waals surface area contributed by atoms with Crippen LogP contribution in [0.1, 0.15) is 44.1 Å². The van der Waals surface area contributed by atoms with E-state index in [4.69, 9.17) is 10.5 Å². The maximum atomic E-state index is 6.57. The van der Waals surface area contributed by atoms with E-state index in [0.29, 0.717) is 0 Å². The average Bonchev–Trinajstić information content (AvgIpc) is 3.09. The van der Waals surface area contributed by atoms with E-state index in [1.54, 1.807) is 0 Å². The SMILES string of the molecule is NC1(c2cc(Br)ccc2OCC2CC2)CCCC1. The first-order valence-corrected chi connectivity index (χ1v) is 7.68. The van der Waals surface area contributed by atoms with E-state index >= 15 is 0 Å². The molecule has 1 aromatic rings. The van der Waals surface area contributed by atoms with Gasteiger partial charge in [-0.1, -0.05) is 28.8 Å². The van der Waals surface area contributed by atoms with Crippen molar-refractivity contribution in [1.29, 1.82) is 0 Å². The summed E-state index contributed by atoms with van der Waals surface area (Å²) in [6.07, 6.45) is 7.24. The molecule has 3 heteroatoms. The minimum Gasteiger partial charge on any atom is -0.493 e. The highest BCUT2D eigenvalue weighted by Gasteiger charge is 2.34. The second kappa shape index (κ2) is 4.86. The number of halogens is 1. The molecule has 0 spiro atoms. The van der Waals surface area contributed by atoms with Crippen molar-refractivity contribution < 1.29 is 4.74 Å². The molecule has 0 bridgehead atoms. The number of ether oxygens (including phenoxy) is 1. The highest BCUT2D eigenvalue weighted by Crippen LogP contribution is 2.42. The Morgan fingerprint density at radius 3 is 2.67 bits per heavy atom. The second-order valence-corrected chi connectivity index (χ2v) is 6.67. The van der Waals surface area contributed by atoms with Crippen LogP contribution < -0.4 is 10.5 Å². The fourth-order valence-electron chi connectivity index (χ4n) is 2.78. The summed E-state index contributed by atoms with van der Waals surface area (Å²) < 4.78 is 7.08. The van der Waals surface area contributed by atoms with Crippen LogP contribution in [0.2, 0.25) is 0 Å². The summed E-state index contributed by atoms with van der Waals surface area (Å²) >= 11 is 3.55. The van der Waals surface area contributed by atoms with Gasteiger partial charge in [-0.25, -0.2) is 0 Å². The van der Waals surface area contributed by atoms with Crippen LogP contribution in [0.25, 0.3) is 0 Å². The quantitative estimate of drug-likeness (QED) is 0.913. The molecule has 0 heterocycles. The molecule has 0 unspecified atom stereocenters. The van der Waals surface area contributed by atoms with E-state index in [2.05, 4.69) is 28.1 Å². The molecule has 3 rings (SSSR count). The smallest absolute Gasteiger partial charge is 0.124 e. The third-order valence-corrected chi connectivity index (χ3v) is 4.64. The van der Waals surface area contributed by atoms with E-state index in [1.807, 2.05) is 6.07 Å². The Balaban J connectivity index is 1.86. The maximum absolute atomic E-state index is 6.57. The molecule has 1 aromatic carbocycles. The molecule has 0 aromatic heterocycles. The van der Waals surface area contributed by atoms with E-state index in [0.717, 1.165) is 35.6 Å². The van der Waals surface area contributed by atoms with E-state index in [1.165, 1.54) is 31.2 Å². The molecular weight excluding hydrogens is 290 g/mol. The van der Waals surface area contributed by atoms with Crippen molar-refractivity contribution >= 4 is 15.9 Å². The van der Waals surface area contributed by atoms with Gasteiger partial charge >= 0.3 is 0 Å². The first-order valence-electron chi connectivity index (χ1n) is 6.89. The highest BCUT2D eigenvalue weighted by atomic mass is 79.9. The van der Waals surface area contributed by atoms with Gasteiger partial charge in [0.05, 0.1) is 6.61 Å². The normalized spacial score (nSPS) is 22.1. The second-order valence-electron chi connectivity index (χ2n) is 5.76. The first kappa shape index (κ1) is 12.5. The fourth-order valence-corrected chi connectivity index (χ4v) is 3.15. The molecule has 0 radical (unpaired) electrons. The molecule has 2 nitrogen and oxygen atoms in total. The predicted octanol–water partition coefficient (Wildman–Crippen LogP) is 3.97. The van der Waals surface area contributed by atoms with E-state index < -0.39 is 0 Å². The molecule has 0 aliphatic heterocycles. The first-order chi connectivity index (χ1) is 8.67. The van der Waals surface area contributed by atoms with Gasteiger partial charge in [-0.2, -0.15) is 0 Å². The van der Waals surface area contributed by atoms with E-state index in [-0.39, 0.29) is 5.54 Å². The third kappa shape index (κ3) is 2.57. The zero-order valence-corrected chi connectivity index (χ0v) is 12.2. The van der Waals surface area contributed by atoms with Gasteiger partial charge in [-0.3, -0.25) is 0 Å². The number of benzene rings is 1. The Kier molecular flexibility index (Phi) is 3.37. The van der Waals surface area contributed by atoms with Crippen LogP contribution in [-0.2, 0) is 5.54 Å². The largest absolute Gasteiger partial charge is 0.493 e. The molecule has 0 atom stereocenters. The van der Waals surface area contributed by atoms with Crippen LogP contribution in [0.3, 0.4) is 0 Å². The van der Waals surface area contributed by atoms with Crippen LogP contribution in [0.15, 0.2) is 22.7 Å². The van der Waals surface area contributed by atoms with Gasteiger partial charge < -0.3 is 10.5 Å². The van der Waals surface area contributed by atoms with Crippen LogP contribution in [0.5, 0.6) is 5.75 Å². The van der Waals surface area contributed by atoms with Crippen molar-refractivity contribution in [1.82, 2.24) is 0 Å². The summed E-state index contributed by atoms with van der Waals surface area (Å²) in [7, 11) is 0. The van der Waals surface area contributed by atoms with Gasteiger partial charge in [0.1, 0.15) is 5.75 Å². The summed E-state index contributed by atoms with van der Waals surface area (Å²) in [6.45, 7) is 0.852. The van der Waals surface area contributed by atoms with Crippen molar-refractivity contribution in [2.75, 3.05) is 6.61 Å². The Morgan fingerprint density at radius 1 is 1.28 bits per heavy atom. The molecule has 98 valence electrons. The number of rotatable bonds is 4. The molecule has 2 aliphatic rings. The van der Waals surface area contributed by atoms with E-state index in [9.17, 15) is 0 Å². The van der Waals surface area contributed by atoms with Gasteiger partial charge in [-0.05, 0) is 49.8 Å². The molecule has 18 heavy (non-hydrogen) atoms. The topological polar surface area (TPSA) is 35.2 Å². The summed E-state index contributed by atoms with van der Waals surface area (Å²) in [5.74, 6) is 1.77. The van der Waals surface area contributed by atoms with Crippen LogP contribution in [-0.4, -0.2) is 6.61 Å². The minimum absolute atomic E-state index is 0.178. The molecular formula is C15H20BrNO. The summed E-state index contributed by atoms with van der Waals surface area (Å²) in [6, 6.07) is 6.26. The number of nitrogens with two attached hydrogens (primary N) is 1. The van der Waals surface area contributed by atoms with Crippen molar-refractivity contribution in [3.8, 4) is 5.75 Å². The lowest BCUT2D eigenvalue weighted by atomic mass is 9.89. The van der Waals surface area contributed by atoms with Gasteiger partial charge in [0.25, 0.3) is 0 Å². The number of hydrogen-bond acceptors (Lipinski definition) is 2. The lowest BCUT2D eigenvalue weighted by Gasteiger charge is -2.27. The van der Waals surface area contributed by atoms with Gasteiger partial charge in [0, 0.05) is 15.6 Å². The Bertz CT molecular complexity index is 436. The van der Waals surface area contributed by atoms with Crippen LogP contribution >= 0.6 is 15.9 Å². The van der Waals surface area contributed by atoms with Crippen LogP contribution in [0, 0.1) is 5.92 Å². The summed E-state index contributed by atoms with van der Waals surface area (Å²) in [4.78, 5) is 0. The molecule has 2 saturated carbocycles. The zero-order chi connectivity index (χ0) is 12.6.